The van der Waals surface area contributed by atoms with Gasteiger partial charge in [0, 0.05) is 4.47 Å². The summed E-state index contributed by atoms with van der Waals surface area (Å²) in [6.45, 7) is 9.56. The molecule has 1 aromatic carbocycles. The second-order valence-electron chi connectivity index (χ2n) is 8.42. The van der Waals surface area contributed by atoms with Crippen LogP contribution in [0.1, 0.15) is 99.8 Å². The molecule has 0 aromatic heterocycles. The molecule has 0 saturated carbocycles. The van der Waals surface area contributed by atoms with Crippen LogP contribution in [0.3, 0.4) is 0 Å². The minimum Gasteiger partial charge on any atom is -0.462 e. The van der Waals surface area contributed by atoms with E-state index in [2.05, 4.69) is 43.6 Å². The van der Waals surface area contributed by atoms with Crippen LogP contribution in [-0.4, -0.2) is 25.2 Å². The maximum atomic E-state index is 12.6. The summed E-state index contributed by atoms with van der Waals surface area (Å²) in [5.74, 6) is 0.439. The van der Waals surface area contributed by atoms with Crippen LogP contribution in [-0.2, 0) is 9.47 Å². The van der Waals surface area contributed by atoms with E-state index in [1.54, 1.807) is 18.2 Å². The van der Waals surface area contributed by atoms with Crippen molar-refractivity contribution in [1.29, 1.82) is 0 Å². The third kappa shape index (κ3) is 10.8. The standard InChI is InChI=1S/C24H37BrO4/c1-18(2)12-7-5-9-16-28-23(26)20-14-11-15-21(25)22(20)24(27)29-17-10-6-8-13-19(3)4/h11,14-15,18-19H,5-10,12-13,16-17H2,1-4H3. The lowest BCUT2D eigenvalue weighted by Crippen LogP contribution is -2.16. The average molecular weight is 469 g/mol. The van der Waals surface area contributed by atoms with Gasteiger partial charge in [0.2, 0.25) is 0 Å². The minimum atomic E-state index is -0.481. The van der Waals surface area contributed by atoms with Gasteiger partial charge in [-0.15, -0.1) is 0 Å². The van der Waals surface area contributed by atoms with Crippen LogP contribution >= 0.6 is 15.9 Å². The number of hydrogen-bond donors (Lipinski definition) is 0. The second-order valence-corrected chi connectivity index (χ2v) is 9.27. The van der Waals surface area contributed by atoms with Crippen LogP contribution in [0.5, 0.6) is 0 Å². The van der Waals surface area contributed by atoms with Crippen molar-refractivity contribution in [2.45, 2.75) is 79.1 Å². The van der Waals surface area contributed by atoms with E-state index < -0.39 is 11.9 Å². The van der Waals surface area contributed by atoms with Crippen LogP contribution in [0, 0.1) is 11.8 Å². The van der Waals surface area contributed by atoms with Crippen LogP contribution < -0.4 is 0 Å². The van der Waals surface area contributed by atoms with Crippen molar-refractivity contribution in [3.63, 3.8) is 0 Å². The predicted molar refractivity (Wildman–Crippen MR) is 121 cm³/mol. The van der Waals surface area contributed by atoms with E-state index in [0.29, 0.717) is 29.5 Å². The summed E-state index contributed by atoms with van der Waals surface area (Å²) in [5, 5.41) is 0. The van der Waals surface area contributed by atoms with E-state index in [0.717, 1.165) is 38.5 Å². The van der Waals surface area contributed by atoms with Gasteiger partial charge in [-0.1, -0.05) is 72.3 Å². The largest absolute Gasteiger partial charge is 0.462 e. The Balaban J connectivity index is 2.50. The number of halogens is 1. The van der Waals surface area contributed by atoms with Crippen molar-refractivity contribution in [2.75, 3.05) is 13.2 Å². The van der Waals surface area contributed by atoms with Crippen LogP contribution in [0.15, 0.2) is 22.7 Å². The smallest absolute Gasteiger partial charge is 0.340 e. The average Bonchev–Trinajstić information content (AvgIpc) is 2.66. The van der Waals surface area contributed by atoms with Gasteiger partial charge in [-0.3, -0.25) is 0 Å². The third-order valence-corrected chi connectivity index (χ3v) is 5.42. The first-order chi connectivity index (χ1) is 13.8. The monoisotopic (exact) mass is 468 g/mol. The first-order valence-electron chi connectivity index (χ1n) is 11.0. The highest BCUT2D eigenvalue weighted by molar-refractivity contribution is 9.10. The molecule has 0 atom stereocenters. The molecule has 0 bridgehead atoms. The molecule has 0 heterocycles. The molecule has 0 aliphatic carbocycles. The van der Waals surface area contributed by atoms with E-state index in [1.807, 2.05) is 0 Å². The van der Waals surface area contributed by atoms with E-state index in [1.165, 1.54) is 12.8 Å². The Morgan fingerprint density at radius 3 is 1.83 bits per heavy atom. The lowest BCUT2D eigenvalue weighted by Gasteiger charge is -2.12. The molecular weight excluding hydrogens is 432 g/mol. The summed E-state index contributed by atoms with van der Waals surface area (Å²) in [4.78, 5) is 25.0. The number of unbranched alkanes of at least 4 members (excludes halogenated alkanes) is 4. The van der Waals surface area contributed by atoms with Gasteiger partial charge in [0.1, 0.15) is 0 Å². The normalized spacial score (nSPS) is 11.1. The van der Waals surface area contributed by atoms with Crippen LogP contribution in [0.25, 0.3) is 0 Å². The number of esters is 2. The zero-order valence-electron chi connectivity index (χ0n) is 18.5. The van der Waals surface area contributed by atoms with Gasteiger partial charge in [0.25, 0.3) is 0 Å². The molecule has 164 valence electrons. The van der Waals surface area contributed by atoms with Gasteiger partial charge in [-0.25, -0.2) is 9.59 Å². The Kier molecular flexibility index (Phi) is 12.9. The minimum absolute atomic E-state index is 0.250. The predicted octanol–water partition coefficient (Wildman–Crippen LogP) is 7.20. The number of hydrogen-bond acceptors (Lipinski definition) is 4. The number of carbonyl (C=O) groups excluding carboxylic acids is 2. The van der Waals surface area contributed by atoms with Crippen molar-refractivity contribution in [3.8, 4) is 0 Å². The number of rotatable bonds is 14. The number of carbonyl (C=O) groups is 2. The summed E-state index contributed by atoms with van der Waals surface area (Å²) >= 11 is 3.37. The van der Waals surface area contributed by atoms with Gasteiger partial charge in [0.05, 0.1) is 24.3 Å². The highest BCUT2D eigenvalue weighted by atomic mass is 79.9. The summed E-state index contributed by atoms with van der Waals surface area (Å²) < 4.78 is 11.4. The molecule has 29 heavy (non-hydrogen) atoms. The zero-order chi connectivity index (χ0) is 21.6. The van der Waals surface area contributed by atoms with Crippen LogP contribution in [0.4, 0.5) is 0 Å². The molecule has 0 saturated heterocycles. The molecular formula is C24H37BrO4. The van der Waals surface area contributed by atoms with Gasteiger partial charge >= 0.3 is 11.9 Å². The first kappa shape index (κ1) is 25.7. The van der Waals surface area contributed by atoms with Crippen molar-refractivity contribution in [2.24, 2.45) is 11.8 Å². The van der Waals surface area contributed by atoms with Gasteiger partial charge < -0.3 is 9.47 Å². The SMILES string of the molecule is CC(C)CCCCCOC(=O)c1cccc(Br)c1C(=O)OCCCCCC(C)C. The van der Waals surface area contributed by atoms with Crippen molar-refractivity contribution < 1.29 is 19.1 Å². The number of benzene rings is 1. The van der Waals surface area contributed by atoms with E-state index in [-0.39, 0.29) is 11.1 Å². The molecule has 0 unspecified atom stereocenters. The molecule has 0 aliphatic rings. The van der Waals surface area contributed by atoms with E-state index >= 15 is 0 Å². The molecule has 0 aliphatic heterocycles. The lowest BCUT2D eigenvalue weighted by molar-refractivity contribution is 0.0449. The van der Waals surface area contributed by atoms with Gasteiger partial charge in [-0.2, -0.15) is 0 Å². The van der Waals surface area contributed by atoms with E-state index in [4.69, 9.17) is 9.47 Å². The Morgan fingerprint density at radius 2 is 1.31 bits per heavy atom. The molecule has 0 radical (unpaired) electrons. The lowest BCUT2D eigenvalue weighted by atomic mass is 10.1. The molecule has 0 N–H and O–H groups in total. The van der Waals surface area contributed by atoms with E-state index in [9.17, 15) is 9.59 Å². The van der Waals surface area contributed by atoms with Gasteiger partial charge in [-0.05, 0) is 52.7 Å². The topological polar surface area (TPSA) is 52.6 Å². The Labute approximate surface area is 184 Å². The van der Waals surface area contributed by atoms with Crippen molar-refractivity contribution in [1.82, 2.24) is 0 Å². The zero-order valence-corrected chi connectivity index (χ0v) is 20.1. The summed E-state index contributed by atoms with van der Waals surface area (Å²) in [5.41, 5.74) is 0.505. The second kappa shape index (κ2) is 14.6. The molecule has 1 aromatic rings. The fourth-order valence-electron chi connectivity index (χ4n) is 3.04. The number of ether oxygens (including phenoxy) is 2. The summed E-state index contributed by atoms with van der Waals surface area (Å²) in [6.07, 6.45) is 8.39. The fourth-order valence-corrected chi connectivity index (χ4v) is 3.57. The molecule has 5 heteroatoms. The fraction of sp³-hybridized carbons (Fsp3) is 0.667. The van der Waals surface area contributed by atoms with Crippen molar-refractivity contribution in [3.05, 3.63) is 33.8 Å². The molecule has 1 rings (SSSR count). The quantitative estimate of drug-likeness (QED) is 0.214. The highest BCUT2D eigenvalue weighted by Gasteiger charge is 2.22. The summed E-state index contributed by atoms with van der Waals surface area (Å²) in [6, 6.07) is 5.08. The van der Waals surface area contributed by atoms with Crippen molar-refractivity contribution >= 4 is 27.9 Å². The Hall–Kier alpha value is -1.36. The highest BCUT2D eigenvalue weighted by Crippen LogP contribution is 2.23. The Bertz CT molecular complexity index is 625. The molecule has 0 amide bonds. The van der Waals surface area contributed by atoms with Gasteiger partial charge in [0.15, 0.2) is 0 Å². The molecule has 0 fully saturated rings. The molecule has 0 spiro atoms. The first-order valence-corrected chi connectivity index (χ1v) is 11.7. The molecule has 4 nitrogen and oxygen atoms in total. The Morgan fingerprint density at radius 1 is 0.793 bits per heavy atom. The maximum absolute atomic E-state index is 12.6. The summed E-state index contributed by atoms with van der Waals surface area (Å²) in [7, 11) is 0. The van der Waals surface area contributed by atoms with Crippen LogP contribution in [0.2, 0.25) is 0 Å². The maximum Gasteiger partial charge on any atom is 0.340 e. The third-order valence-electron chi connectivity index (χ3n) is 4.76.